The quantitative estimate of drug-likeness (QED) is 0.342. The Morgan fingerprint density at radius 1 is 1.03 bits per heavy atom. The summed E-state index contributed by atoms with van der Waals surface area (Å²) in [6, 6.07) is 0. The van der Waals surface area contributed by atoms with Crippen molar-refractivity contribution in [2.75, 3.05) is 7.05 Å². The zero-order chi connectivity index (χ0) is 24.9. The summed E-state index contributed by atoms with van der Waals surface area (Å²) in [5.74, 6) is -1.03. The lowest BCUT2D eigenvalue weighted by molar-refractivity contribution is -0.163. The number of hydrogen-bond acceptors (Lipinski definition) is 7. The van der Waals surface area contributed by atoms with Crippen molar-refractivity contribution in [2.45, 2.75) is 122 Å². The first kappa shape index (κ1) is 28.3. The average molecular weight is 454 g/mol. The highest BCUT2D eigenvalue weighted by molar-refractivity contribution is 5.95. The molecule has 0 bridgehead atoms. The van der Waals surface area contributed by atoms with Gasteiger partial charge in [-0.05, 0) is 68.5 Å². The SMILES string of the molecule is C=CC(=O)C(C)(C)OC(C)CC(C)OC(=O)CCC(=O)OC1CC(C)(C)N(C)C(C)(C)C1. The number of likely N-dealkylation sites (tertiary alicyclic amines) is 1. The van der Waals surface area contributed by atoms with Crippen molar-refractivity contribution in [1.29, 1.82) is 0 Å². The Hall–Kier alpha value is -1.73. The predicted molar refractivity (Wildman–Crippen MR) is 124 cm³/mol. The van der Waals surface area contributed by atoms with Gasteiger partial charge in [0.25, 0.3) is 0 Å². The molecule has 1 saturated heterocycles. The maximum absolute atomic E-state index is 12.3. The van der Waals surface area contributed by atoms with Crippen LogP contribution in [0.15, 0.2) is 12.7 Å². The highest BCUT2D eigenvalue weighted by Crippen LogP contribution is 2.38. The molecular weight excluding hydrogens is 410 g/mol. The monoisotopic (exact) mass is 453 g/mol. The van der Waals surface area contributed by atoms with Crippen LogP contribution in [0, 0.1) is 0 Å². The van der Waals surface area contributed by atoms with Gasteiger partial charge in [0, 0.05) is 30.3 Å². The molecule has 1 heterocycles. The molecule has 0 N–H and O–H groups in total. The van der Waals surface area contributed by atoms with E-state index in [1.165, 1.54) is 6.08 Å². The minimum absolute atomic E-state index is 0.00826. The minimum Gasteiger partial charge on any atom is -0.463 e. The number of carbonyl (C=O) groups excluding carboxylic acids is 3. The van der Waals surface area contributed by atoms with E-state index in [2.05, 4.69) is 46.2 Å². The van der Waals surface area contributed by atoms with E-state index in [-0.39, 0.29) is 47.9 Å². The molecular formula is C25H43NO6. The van der Waals surface area contributed by atoms with E-state index in [1.807, 2.05) is 6.92 Å². The minimum atomic E-state index is -0.980. The molecule has 1 aliphatic rings. The van der Waals surface area contributed by atoms with E-state index in [4.69, 9.17) is 14.2 Å². The Kier molecular flexibility index (Phi) is 9.66. The summed E-state index contributed by atoms with van der Waals surface area (Å²) in [6.07, 6.45) is 2.27. The smallest absolute Gasteiger partial charge is 0.306 e. The lowest BCUT2D eigenvalue weighted by Crippen LogP contribution is -2.60. The molecule has 0 amide bonds. The molecule has 1 rings (SSSR count). The Bertz CT molecular complexity index is 679. The fourth-order valence-corrected chi connectivity index (χ4v) is 4.47. The summed E-state index contributed by atoms with van der Waals surface area (Å²) in [5.41, 5.74) is -1.14. The average Bonchev–Trinajstić information content (AvgIpc) is 2.62. The summed E-state index contributed by atoms with van der Waals surface area (Å²) in [6.45, 7) is 19.0. The Labute approximate surface area is 193 Å². The molecule has 0 aromatic rings. The standard InChI is InChI=1S/C25H43NO6/c1-11-20(27)25(8,9)32-18(3)14-17(2)30-21(28)12-13-22(29)31-19-15-23(4,5)26(10)24(6,7)16-19/h11,17-19H,1,12-16H2,2-10H3. The molecule has 1 aliphatic heterocycles. The number of hydrogen-bond donors (Lipinski definition) is 0. The number of piperidine rings is 1. The summed E-state index contributed by atoms with van der Waals surface area (Å²) in [7, 11) is 2.10. The molecule has 0 saturated carbocycles. The number of rotatable bonds is 11. The molecule has 184 valence electrons. The number of nitrogens with zero attached hydrogens (tertiary/aromatic N) is 1. The van der Waals surface area contributed by atoms with Crippen molar-refractivity contribution in [3.8, 4) is 0 Å². The number of ketones is 1. The molecule has 0 aromatic carbocycles. The molecule has 32 heavy (non-hydrogen) atoms. The van der Waals surface area contributed by atoms with Crippen molar-refractivity contribution in [2.24, 2.45) is 0 Å². The normalized spacial score (nSPS) is 20.8. The van der Waals surface area contributed by atoms with E-state index in [1.54, 1.807) is 20.8 Å². The molecule has 2 atom stereocenters. The van der Waals surface area contributed by atoms with Gasteiger partial charge in [0.15, 0.2) is 5.78 Å². The van der Waals surface area contributed by atoms with Crippen LogP contribution in [0.3, 0.4) is 0 Å². The lowest BCUT2D eigenvalue weighted by atomic mass is 9.79. The van der Waals surface area contributed by atoms with Crippen molar-refractivity contribution in [3.63, 3.8) is 0 Å². The first-order valence-electron chi connectivity index (χ1n) is 11.5. The third-order valence-electron chi connectivity index (χ3n) is 6.37. The van der Waals surface area contributed by atoms with Gasteiger partial charge >= 0.3 is 11.9 Å². The summed E-state index contributed by atoms with van der Waals surface area (Å²) in [4.78, 5) is 38.7. The second-order valence-electron chi connectivity index (χ2n) is 10.7. The van der Waals surface area contributed by atoms with Crippen LogP contribution in [0.2, 0.25) is 0 Å². The lowest BCUT2D eigenvalue weighted by Gasteiger charge is -2.53. The summed E-state index contributed by atoms with van der Waals surface area (Å²) < 4.78 is 16.9. The molecule has 1 fully saturated rings. The van der Waals surface area contributed by atoms with Crippen molar-refractivity contribution in [3.05, 3.63) is 12.7 Å². The predicted octanol–water partition coefficient (Wildman–Crippen LogP) is 4.22. The van der Waals surface area contributed by atoms with E-state index < -0.39 is 17.7 Å². The van der Waals surface area contributed by atoms with Gasteiger partial charge in [0.05, 0.1) is 18.9 Å². The Morgan fingerprint density at radius 3 is 2.03 bits per heavy atom. The van der Waals surface area contributed by atoms with E-state index in [9.17, 15) is 14.4 Å². The van der Waals surface area contributed by atoms with Crippen molar-refractivity contribution in [1.82, 2.24) is 4.90 Å². The van der Waals surface area contributed by atoms with Gasteiger partial charge in [0.1, 0.15) is 17.8 Å². The van der Waals surface area contributed by atoms with Gasteiger partial charge in [-0.3, -0.25) is 19.3 Å². The van der Waals surface area contributed by atoms with Crippen LogP contribution in [0.5, 0.6) is 0 Å². The number of esters is 2. The van der Waals surface area contributed by atoms with Gasteiger partial charge in [-0.1, -0.05) is 6.58 Å². The summed E-state index contributed by atoms with van der Waals surface area (Å²) in [5, 5.41) is 0. The molecule has 0 aromatic heterocycles. The Morgan fingerprint density at radius 2 is 1.53 bits per heavy atom. The van der Waals surface area contributed by atoms with Gasteiger partial charge in [0.2, 0.25) is 0 Å². The van der Waals surface area contributed by atoms with Crippen molar-refractivity contribution < 1.29 is 28.6 Å². The molecule has 0 spiro atoms. The third-order valence-corrected chi connectivity index (χ3v) is 6.37. The topological polar surface area (TPSA) is 82.1 Å². The fraction of sp³-hybridized carbons (Fsp3) is 0.800. The van der Waals surface area contributed by atoms with Crippen LogP contribution < -0.4 is 0 Å². The molecule has 7 nitrogen and oxygen atoms in total. The van der Waals surface area contributed by atoms with Crippen LogP contribution >= 0.6 is 0 Å². The molecule has 0 radical (unpaired) electrons. The van der Waals surface area contributed by atoms with Crippen LogP contribution in [0.25, 0.3) is 0 Å². The summed E-state index contributed by atoms with van der Waals surface area (Å²) >= 11 is 0. The highest BCUT2D eigenvalue weighted by Gasteiger charge is 2.44. The van der Waals surface area contributed by atoms with E-state index >= 15 is 0 Å². The Balaban J connectivity index is 2.43. The van der Waals surface area contributed by atoms with E-state index in [0.717, 1.165) is 12.8 Å². The molecule has 7 heteroatoms. The van der Waals surface area contributed by atoms with E-state index in [0.29, 0.717) is 6.42 Å². The van der Waals surface area contributed by atoms with Gasteiger partial charge in [-0.25, -0.2) is 0 Å². The zero-order valence-corrected chi connectivity index (χ0v) is 21.4. The molecule has 0 aliphatic carbocycles. The first-order chi connectivity index (χ1) is 14.5. The van der Waals surface area contributed by atoms with Gasteiger partial charge < -0.3 is 14.2 Å². The van der Waals surface area contributed by atoms with Crippen molar-refractivity contribution >= 4 is 17.7 Å². The fourth-order valence-electron chi connectivity index (χ4n) is 4.47. The van der Waals surface area contributed by atoms with Gasteiger partial charge in [-0.2, -0.15) is 0 Å². The maximum Gasteiger partial charge on any atom is 0.306 e. The van der Waals surface area contributed by atoms with Crippen LogP contribution in [0.4, 0.5) is 0 Å². The van der Waals surface area contributed by atoms with Gasteiger partial charge in [-0.15, -0.1) is 0 Å². The second kappa shape index (κ2) is 10.9. The molecule has 2 unspecified atom stereocenters. The van der Waals surface area contributed by atoms with Crippen LogP contribution in [-0.2, 0) is 28.6 Å². The highest BCUT2D eigenvalue weighted by atomic mass is 16.6. The zero-order valence-electron chi connectivity index (χ0n) is 21.4. The van der Waals surface area contributed by atoms with Crippen LogP contribution in [-0.4, -0.2) is 64.7 Å². The second-order valence-corrected chi connectivity index (χ2v) is 10.7. The largest absolute Gasteiger partial charge is 0.463 e. The first-order valence-corrected chi connectivity index (χ1v) is 11.5. The maximum atomic E-state index is 12.3. The third kappa shape index (κ3) is 8.32. The number of ether oxygens (including phenoxy) is 3. The number of carbonyl (C=O) groups is 3. The van der Waals surface area contributed by atoms with Crippen LogP contribution in [0.1, 0.15) is 87.5 Å².